The van der Waals surface area contributed by atoms with E-state index in [2.05, 4.69) is 41.9 Å². The second-order valence-electron chi connectivity index (χ2n) is 4.71. The van der Waals surface area contributed by atoms with Gasteiger partial charge in [0.2, 0.25) is 0 Å². The number of hydrogen-bond acceptors (Lipinski definition) is 3. The van der Waals surface area contributed by atoms with Crippen LogP contribution in [0.15, 0.2) is 41.8 Å². The molecule has 1 unspecified atom stereocenters. The highest BCUT2D eigenvalue weighted by atomic mass is 35.5. The van der Waals surface area contributed by atoms with E-state index >= 15 is 0 Å². The molecule has 3 aromatic rings. The van der Waals surface area contributed by atoms with E-state index in [4.69, 9.17) is 11.6 Å². The van der Waals surface area contributed by atoms with E-state index in [-0.39, 0.29) is 6.04 Å². The zero-order valence-electron chi connectivity index (χ0n) is 11.2. The van der Waals surface area contributed by atoms with Crippen molar-refractivity contribution in [3.05, 3.63) is 57.2 Å². The number of thiophene rings is 2. The molecule has 0 saturated carbocycles. The summed E-state index contributed by atoms with van der Waals surface area (Å²) in [4.78, 5) is 1.34. The Labute approximate surface area is 132 Å². The van der Waals surface area contributed by atoms with E-state index in [1.807, 2.05) is 23.5 Å². The van der Waals surface area contributed by atoms with Crippen molar-refractivity contribution in [1.29, 1.82) is 0 Å². The Morgan fingerprint density at radius 2 is 2.05 bits per heavy atom. The van der Waals surface area contributed by atoms with Crippen molar-refractivity contribution in [2.24, 2.45) is 0 Å². The monoisotopic (exact) mass is 321 g/mol. The standard InChI is InChI=1S/C16H16ClNS2/c1-2-8-18-16(11-5-3-4-6-12(11)17)15-10-14-13(20-15)7-9-19-14/h3-7,9-10,16,18H,2,8H2,1H3. The molecular formula is C16H16ClNS2. The maximum absolute atomic E-state index is 6.39. The topological polar surface area (TPSA) is 12.0 Å². The average molecular weight is 322 g/mol. The molecule has 1 N–H and O–H groups in total. The third-order valence-electron chi connectivity index (χ3n) is 3.26. The predicted molar refractivity (Wildman–Crippen MR) is 91.3 cm³/mol. The summed E-state index contributed by atoms with van der Waals surface area (Å²) in [7, 11) is 0. The molecule has 1 nitrogen and oxygen atoms in total. The third-order valence-corrected chi connectivity index (χ3v) is 5.76. The van der Waals surface area contributed by atoms with Gasteiger partial charge in [-0.1, -0.05) is 36.7 Å². The van der Waals surface area contributed by atoms with Crippen LogP contribution < -0.4 is 5.32 Å². The molecule has 0 aliphatic carbocycles. The second kappa shape index (κ2) is 6.27. The average Bonchev–Trinajstić information content (AvgIpc) is 3.02. The van der Waals surface area contributed by atoms with Gasteiger partial charge in [-0.25, -0.2) is 0 Å². The van der Waals surface area contributed by atoms with E-state index in [9.17, 15) is 0 Å². The molecule has 4 heteroatoms. The van der Waals surface area contributed by atoms with Crippen LogP contribution in [0.1, 0.15) is 29.8 Å². The quantitative estimate of drug-likeness (QED) is 0.635. The largest absolute Gasteiger partial charge is 0.306 e. The predicted octanol–water partition coefficient (Wildman–Crippen LogP) is 5.71. The van der Waals surface area contributed by atoms with Crippen LogP contribution in [0, 0.1) is 0 Å². The van der Waals surface area contributed by atoms with Gasteiger partial charge >= 0.3 is 0 Å². The van der Waals surface area contributed by atoms with Crippen molar-refractivity contribution >= 4 is 43.7 Å². The summed E-state index contributed by atoms with van der Waals surface area (Å²) in [5, 5.41) is 6.60. The summed E-state index contributed by atoms with van der Waals surface area (Å²) in [6.45, 7) is 3.17. The SMILES string of the molecule is CCCNC(c1cc2sccc2s1)c1ccccc1Cl. The smallest absolute Gasteiger partial charge is 0.0686 e. The fraction of sp³-hybridized carbons (Fsp3) is 0.250. The van der Waals surface area contributed by atoms with Crippen molar-refractivity contribution in [3.63, 3.8) is 0 Å². The molecule has 0 aliphatic heterocycles. The minimum atomic E-state index is 0.188. The van der Waals surface area contributed by atoms with Gasteiger partial charge in [-0.3, -0.25) is 0 Å². The highest BCUT2D eigenvalue weighted by Crippen LogP contribution is 2.37. The first kappa shape index (κ1) is 14.1. The molecule has 104 valence electrons. The Kier molecular flexibility index (Phi) is 4.41. The van der Waals surface area contributed by atoms with Crippen LogP contribution in [0.25, 0.3) is 9.40 Å². The van der Waals surface area contributed by atoms with E-state index in [1.165, 1.54) is 14.3 Å². The zero-order valence-corrected chi connectivity index (χ0v) is 13.6. The van der Waals surface area contributed by atoms with Gasteiger partial charge in [-0.2, -0.15) is 0 Å². The third kappa shape index (κ3) is 2.77. The molecule has 0 spiro atoms. The lowest BCUT2D eigenvalue weighted by atomic mass is 10.1. The molecule has 0 amide bonds. The number of hydrogen-bond donors (Lipinski definition) is 1. The summed E-state index contributed by atoms with van der Waals surface area (Å²) in [6.07, 6.45) is 1.11. The van der Waals surface area contributed by atoms with E-state index in [1.54, 1.807) is 11.3 Å². The molecule has 2 aromatic heterocycles. The molecule has 1 atom stereocenters. The highest BCUT2D eigenvalue weighted by Gasteiger charge is 2.18. The maximum Gasteiger partial charge on any atom is 0.0686 e. The van der Waals surface area contributed by atoms with Gasteiger partial charge in [0.25, 0.3) is 0 Å². The Bertz CT molecular complexity index is 673. The fourth-order valence-electron chi connectivity index (χ4n) is 2.29. The number of fused-ring (bicyclic) bond motifs is 1. The van der Waals surface area contributed by atoms with Gasteiger partial charge in [0.1, 0.15) is 0 Å². The number of rotatable bonds is 5. The van der Waals surface area contributed by atoms with Crippen molar-refractivity contribution in [2.45, 2.75) is 19.4 Å². The van der Waals surface area contributed by atoms with Crippen LogP contribution >= 0.6 is 34.3 Å². The van der Waals surface area contributed by atoms with Gasteiger partial charge in [0.05, 0.1) is 6.04 Å². The van der Waals surface area contributed by atoms with Crippen molar-refractivity contribution < 1.29 is 0 Å². The Balaban J connectivity index is 2.01. The van der Waals surface area contributed by atoms with Crippen molar-refractivity contribution in [1.82, 2.24) is 5.32 Å². The van der Waals surface area contributed by atoms with Gasteiger partial charge in [-0.15, -0.1) is 22.7 Å². The van der Waals surface area contributed by atoms with Crippen molar-refractivity contribution in [3.8, 4) is 0 Å². The summed E-state index contributed by atoms with van der Waals surface area (Å²) in [5.41, 5.74) is 1.16. The van der Waals surface area contributed by atoms with Crippen LogP contribution in [-0.2, 0) is 0 Å². The molecule has 0 radical (unpaired) electrons. The van der Waals surface area contributed by atoms with Gasteiger partial charge < -0.3 is 5.32 Å². The minimum absolute atomic E-state index is 0.188. The Hall–Kier alpha value is -0.870. The summed E-state index contributed by atoms with van der Waals surface area (Å²) in [5.74, 6) is 0. The Morgan fingerprint density at radius 1 is 1.20 bits per heavy atom. The molecule has 0 fully saturated rings. The Morgan fingerprint density at radius 3 is 2.80 bits per heavy atom. The summed E-state index contributed by atoms with van der Waals surface area (Å²) >= 11 is 10.0. The summed E-state index contributed by atoms with van der Waals surface area (Å²) < 4.78 is 2.72. The van der Waals surface area contributed by atoms with Crippen LogP contribution in [-0.4, -0.2) is 6.54 Å². The van der Waals surface area contributed by atoms with Crippen LogP contribution in [0.3, 0.4) is 0 Å². The molecule has 0 saturated heterocycles. The highest BCUT2D eigenvalue weighted by molar-refractivity contribution is 7.27. The molecular weight excluding hydrogens is 306 g/mol. The molecule has 20 heavy (non-hydrogen) atoms. The molecule has 2 heterocycles. The van der Waals surface area contributed by atoms with Gasteiger partial charge in [0, 0.05) is 19.3 Å². The number of halogens is 1. The van der Waals surface area contributed by atoms with Crippen LogP contribution in [0.2, 0.25) is 5.02 Å². The minimum Gasteiger partial charge on any atom is -0.306 e. The van der Waals surface area contributed by atoms with Crippen molar-refractivity contribution in [2.75, 3.05) is 6.54 Å². The molecule has 1 aromatic carbocycles. The first-order chi connectivity index (χ1) is 9.79. The van der Waals surface area contributed by atoms with E-state index in [0.717, 1.165) is 23.6 Å². The summed E-state index contributed by atoms with van der Waals surface area (Å²) in [6, 6.07) is 12.8. The van der Waals surface area contributed by atoms with Gasteiger partial charge in [-0.05, 0) is 42.1 Å². The maximum atomic E-state index is 6.39. The molecule has 0 aliphatic rings. The lowest BCUT2D eigenvalue weighted by Gasteiger charge is -2.18. The number of benzene rings is 1. The normalized spacial score (nSPS) is 12.9. The first-order valence-corrected chi connectivity index (χ1v) is 8.81. The first-order valence-electron chi connectivity index (χ1n) is 6.74. The lowest BCUT2D eigenvalue weighted by Crippen LogP contribution is -2.22. The van der Waals surface area contributed by atoms with Crippen LogP contribution in [0.4, 0.5) is 0 Å². The molecule has 0 bridgehead atoms. The van der Waals surface area contributed by atoms with E-state index in [0.29, 0.717) is 0 Å². The van der Waals surface area contributed by atoms with Gasteiger partial charge in [0.15, 0.2) is 0 Å². The zero-order chi connectivity index (χ0) is 13.9. The van der Waals surface area contributed by atoms with E-state index < -0.39 is 0 Å². The molecule has 3 rings (SSSR count). The van der Waals surface area contributed by atoms with Crippen LogP contribution in [0.5, 0.6) is 0 Å². The second-order valence-corrected chi connectivity index (χ2v) is 7.18. The fourth-order valence-corrected chi connectivity index (χ4v) is 4.75. The lowest BCUT2D eigenvalue weighted by molar-refractivity contribution is 0.606. The number of nitrogens with one attached hydrogen (secondary N) is 1.